The van der Waals surface area contributed by atoms with Crippen LogP contribution in [0.5, 0.6) is 0 Å². The van der Waals surface area contributed by atoms with Crippen LogP contribution in [0.3, 0.4) is 0 Å². The fourth-order valence-corrected chi connectivity index (χ4v) is 2.97. The maximum absolute atomic E-state index is 12.2. The first-order valence-electron chi connectivity index (χ1n) is 8.42. The Bertz CT molecular complexity index is 1070. The fraction of sp³-hybridized carbons (Fsp3) is 0.150. The molecule has 0 aliphatic heterocycles. The van der Waals surface area contributed by atoms with Crippen LogP contribution in [0.4, 0.5) is 0 Å². The van der Waals surface area contributed by atoms with Crippen molar-refractivity contribution >= 4 is 27.7 Å². The first-order chi connectivity index (χ1) is 12.7. The number of carbonyl (C=O) groups excluding carboxylic acids is 1. The summed E-state index contributed by atoms with van der Waals surface area (Å²) < 4.78 is 1.55. The van der Waals surface area contributed by atoms with Crippen LogP contribution >= 0.6 is 0 Å². The van der Waals surface area contributed by atoms with Gasteiger partial charge in [-0.15, -0.1) is 5.10 Å². The first kappa shape index (κ1) is 16.2. The van der Waals surface area contributed by atoms with Crippen LogP contribution in [-0.4, -0.2) is 32.6 Å². The number of hydrogen-bond donors (Lipinski definition) is 2. The minimum absolute atomic E-state index is 0.0605. The number of nitrogens with one attached hydrogen (secondary N) is 1. The third kappa shape index (κ3) is 3.27. The molecule has 2 N–H and O–H groups in total. The summed E-state index contributed by atoms with van der Waals surface area (Å²) in [5.41, 5.74) is 2.32. The first-order valence-corrected chi connectivity index (χ1v) is 8.42. The van der Waals surface area contributed by atoms with Gasteiger partial charge in [0.05, 0.1) is 11.6 Å². The molecule has 1 heterocycles. The lowest BCUT2D eigenvalue weighted by molar-refractivity contribution is -0.122. The Morgan fingerprint density at radius 1 is 1.04 bits per heavy atom. The zero-order chi connectivity index (χ0) is 17.9. The molecule has 0 aliphatic carbocycles. The van der Waals surface area contributed by atoms with Gasteiger partial charge in [0, 0.05) is 6.54 Å². The molecule has 4 aromatic rings. The number of benzene rings is 3. The molecule has 0 fully saturated rings. The van der Waals surface area contributed by atoms with Crippen LogP contribution in [-0.2, 0) is 11.3 Å². The van der Waals surface area contributed by atoms with Crippen molar-refractivity contribution in [3.8, 4) is 0 Å². The Kier molecular flexibility index (Phi) is 4.33. The van der Waals surface area contributed by atoms with Crippen LogP contribution in [0.15, 0.2) is 66.7 Å². The summed E-state index contributed by atoms with van der Waals surface area (Å²) in [7, 11) is 0. The van der Waals surface area contributed by atoms with E-state index in [4.69, 9.17) is 0 Å². The molecule has 1 aromatic heterocycles. The van der Waals surface area contributed by atoms with Gasteiger partial charge in [0.15, 0.2) is 0 Å². The summed E-state index contributed by atoms with van der Waals surface area (Å²) >= 11 is 0. The van der Waals surface area contributed by atoms with Gasteiger partial charge < -0.3 is 10.4 Å². The molecule has 0 saturated carbocycles. The van der Waals surface area contributed by atoms with Crippen molar-refractivity contribution in [2.45, 2.75) is 12.6 Å². The SMILES string of the molecule is O=C(Cn1nnc2ccccc21)NC[C@H](O)c1ccc2ccccc2c1. The number of amides is 1. The average molecular weight is 346 g/mol. The number of aliphatic hydroxyl groups excluding tert-OH is 1. The van der Waals surface area contributed by atoms with E-state index in [0.717, 1.165) is 27.4 Å². The Morgan fingerprint density at radius 2 is 1.81 bits per heavy atom. The molecule has 0 radical (unpaired) electrons. The van der Waals surface area contributed by atoms with E-state index >= 15 is 0 Å². The highest BCUT2D eigenvalue weighted by atomic mass is 16.3. The molecule has 130 valence electrons. The highest BCUT2D eigenvalue weighted by Crippen LogP contribution is 2.20. The standard InChI is InChI=1S/C20H18N4O2/c25-19(16-10-9-14-5-1-2-6-15(14)11-16)12-21-20(26)13-24-18-8-4-3-7-17(18)22-23-24/h1-11,19,25H,12-13H2,(H,21,26)/t19-/m0/s1. The van der Waals surface area contributed by atoms with Gasteiger partial charge in [0.2, 0.25) is 5.91 Å². The molecule has 0 bridgehead atoms. The number of aliphatic hydroxyl groups is 1. The van der Waals surface area contributed by atoms with Crippen LogP contribution in [0.25, 0.3) is 21.8 Å². The van der Waals surface area contributed by atoms with Crippen LogP contribution in [0, 0.1) is 0 Å². The van der Waals surface area contributed by atoms with Gasteiger partial charge in [-0.1, -0.05) is 53.7 Å². The molecule has 3 aromatic carbocycles. The Hall–Kier alpha value is -3.25. The quantitative estimate of drug-likeness (QED) is 0.582. The molecule has 0 spiro atoms. The number of nitrogens with zero attached hydrogens (tertiary/aromatic N) is 3. The lowest BCUT2D eigenvalue weighted by atomic mass is 10.0. The normalized spacial score (nSPS) is 12.3. The van der Waals surface area contributed by atoms with Gasteiger partial charge >= 0.3 is 0 Å². The Balaban J connectivity index is 1.40. The molecule has 0 aliphatic rings. The molecule has 0 saturated heterocycles. The predicted molar refractivity (Wildman–Crippen MR) is 99.4 cm³/mol. The molecular weight excluding hydrogens is 328 g/mol. The van der Waals surface area contributed by atoms with Crippen molar-refractivity contribution in [2.24, 2.45) is 0 Å². The third-order valence-electron chi connectivity index (χ3n) is 4.36. The minimum atomic E-state index is -0.768. The topological polar surface area (TPSA) is 80.0 Å². The van der Waals surface area contributed by atoms with E-state index < -0.39 is 6.10 Å². The minimum Gasteiger partial charge on any atom is -0.387 e. The smallest absolute Gasteiger partial charge is 0.241 e. The molecule has 6 nitrogen and oxygen atoms in total. The lowest BCUT2D eigenvalue weighted by Gasteiger charge is -2.13. The van der Waals surface area contributed by atoms with E-state index in [-0.39, 0.29) is 19.0 Å². The number of para-hydroxylation sites is 1. The van der Waals surface area contributed by atoms with E-state index in [9.17, 15) is 9.90 Å². The number of hydrogen-bond acceptors (Lipinski definition) is 4. The second-order valence-corrected chi connectivity index (χ2v) is 6.16. The largest absolute Gasteiger partial charge is 0.387 e. The van der Waals surface area contributed by atoms with Crippen molar-refractivity contribution in [1.29, 1.82) is 0 Å². The van der Waals surface area contributed by atoms with E-state index in [2.05, 4.69) is 15.6 Å². The highest BCUT2D eigenvalue weighted by molar-refractivity contribution is 5.83. The Morgan fingerprint density at radius 3 is 2.69 bits per heavy atom. The highest BCUT2D eigenvalue weighted by Gasteiger charge is 2.12. The number of fused-ring (bicyclic) bond motifs is 2. The van der Waals surface area contributed by atoms with Crippen molar-refractivity contribution in [1.82, 2.24) is 20.3 Å². The van der Waals surface area contributed by atoms with E-state index in [1.54, 1.807) is 4.68 Å². The van der Waals surface area contributed by atoms with Crippen molar-refractivity contribution in [2.75, 3.05) is 6.54 Å². The maximum Gasteiger partial charge on any atom is 0.241 e. The third-order valence-corrected chi connectivity index (χ3v) is 4.36. The van der Waals surface area contributed by atoms with Gasteiger partial charge in [-0.3, -0.25) is 4.79 Å². The summed E-state index contributed by atoms with van der Waals surface area (Å²) in [6, 6.07) is 21.2. The Labute approximate surface area is 150 Å². The number of rotatable bonds is 5. The van der Waals surface area contributed by atoms with Crippen molar-refractivity contribution in [3.05, 3.63) is 72.3 Å². The van der Waals surface area contributed by atoms with Gasteiger partial charge in [-0.25, -0.2) is 4.68 Å². The van der Waals surface area contributed by atoms with Crippen LogP contribution < -0.4 is 5.32 Å². The van der Waals surface area contributed by atoms with Gasteiger partial charge in [0.1, 0.15) is 12.1 Å². The number of aromatic nitrogens is 3. The summed E-state index contributed by atoms with van der Waals surface area (Å²) in [6.45, 7) is 0.203. The second-order valence-electron chi connectivity index (χ2n) is 6.16. The van der Waals surface area contributed by atoms with E-state index in [1.165, 1.54) is 0 Å². The van der Waals surface area contributed by atoms with Crippen LogP contribution in [0.2, 0.25) is 0 Å². The van der Waals surface area contributed by atoms with Crippen molar-refractivity contribution in [3.63, 3.8) is 0 Å². The summed E-state index contributed by atoms with van der Waals surface area (Å²) in [5, 5.41) is 23.3. The van der Waals surface area contributed by atoms with Gasteiger partial charge in [-0.05, 0) is 34.5 Å². The maximum atomic E-state index is 12.2. The summed E-state index contributed by atoms with van der Waals surface area (Å²) in [6.07, 6.45) is -0.768. The molecule has 0 unspecified atom stereocenters. The van der Waals surface area contributed by atoms with Crippen LogP contribution in [0.1, 0.15) is 11.7 Å². The summed E-state index contributed by atoms with van der Waals surface area (Å²) in [5.74, 6) is -0.222. The molecule has 6 heteroatoms. The van der Waals surface area contributed by atoms with Crippen molar-refractivity contribution < 1.29 is 9.90 Å². The molecule has 26 heavy (non-hydrogen) atoms. The van der Waals surface area contributed by atoms with Gasteiger partial charge in [-0.2, -0.15) is 0 Å². The average Bonchev–Trinajstić information content (AvgIpc) is 3.08. The molecule has 1 amide bonds. The predicted octanol–water partition coefficient (Wildman–Crippen LogP) is 2.43. The zero-order valence-electron chi connectivity index (χ0n) is 14.0. The second kappa shape index (κ2) is 6.93. The summed E-state index contributed by atoms with van der Waals surface area (Å²) in [4.78, 5) is 12.2. The van der Waals surface area contributed by atoms with Gasteiger partial charge in [0.25, 0.3) is 0 Å². The van der Waals surface area contributed by atoms with E-state index in [0.29, 0.717) is 0 Å². The molecule has 4 rings (SSSR count). The zero-order valence-corrected chi connectivity index (χ0v) is 14.0. The molecule has 1 atom stereocenters. The van der Waals surface area contributed by atoms with E-state index in [1.807, 2.05) is 66.7 Å². The number of carbonyl (C=O) groups is 1. The molecular formula is C20H18N4O2. The fourth-order valence-electron chi connectivity index (χ4n) is 2.97. The lowest BCUT2D eigenvalue weighted by Crippen LogP contribution is -2.31. The monoisotopic (exact) mass is 346 g/mol.